The molecule has 2 atom stereocenters. The molecule has 1 aliphatic heterocycles. The Bertz CT molecular complexity index is 381. The van der Waals surface area contributed by atoms with Crippen molar-refractivity contribution in [1.29, 1.82) is 0 Å². The Kier molecular flexibility index (Phi) is 3.84. The Morgan fingerprint density at radius 2 is 2.41 bits per heavy atom. The topological polar surface area (TPSA) is 54.3 Å². The zero-order valence-electron chi connectivity index (χ0n) is 10.5. The lowest BCUT2D eigenvalue weighted by atomic mass is 9.93. The predicted molar refractivity (Wildman–Crippen MR) is 66.0 cm³/mol. The summed E-state index contributed by atoms with van der Waals surface area (Å²) >= 11 is 0. The van der Waals surface area contributed by atoms with Crippen molar-refractivity contribution < 1.29 is 9.21 Å². The highest BCUT2D eigenvalue weighted by Gasteiger charge is 2.22. The highest BCUT2D eigenvalue weighted by atomic mass is 16.3. The van der Waals surface area contributed by atoms with Crippen LogP contribution < -0.4 is 10.6 Å². The van der Waals surface area contributed by atoms with Gasteiger partial charge in [0.15, 0.2) is 5.76 Å². The smallest absolute Gasteiger partial charge is 0.287 e. The van der Waals surface area contributed by atoms with Crippen molar-refractivity contribution in [2.45, 2.75) is 32.7 Å². The third kappa shape index (κ3) is 3.09. The number of nitrogens with one attached hydrogen (secondary N) is 2. The minimum Gasteiger partial charge on any atom is -0.456 e. The van der Waals surface area contributed by atoms with E-state index < -0.39 is 0 Å². The SMILES string of the molecule is Cc1ccc(C(=O)NC(C)C2CCCNC2)o1. The van der Waals surface area contributed by atoms with Gasteiger partial charge in [0.1, 0.15) is 5.76 Å². The van der Waals surface area contributed by atoms with Crippen LogP contribution in [0.3, 0.4) is 0 Å². The lowest BCUT2D eigenvalue weighted by Crippen LogP contribution is -2.44. The molecule has 94 valence electrons. The van der Waals surface area contributed by atoms with Crippen LogP contribution in [-0.2, 0) is 0 Å². The quantitative estimate of drug-likeness (QED) is 0.840. The average molecular weight is 236 g/mol. The molecular weight excluding hydrogens is 216 g/mol. The van der Waals surface area contributed by atoms with Gasteiger partial charge in [-0.2, -0.15) is 0 Å². The molecule has 1 aromatic heterocycles. The highest BCUT2D eigenvalue weighted by Crippen LogP contribution is 2.15. The Morgan fingerprint density at radius 3 is 3.00 bits per heavy atom. The van der Waals surface area contributed by atoms with Crippen molar-refractivity contribution in [1.82, 2.24) is 10.6 Å². The molecule has 0 aromatic carbocycles. The summed E-state index contributed by atoms with van der Waals surface area (Å²) in [5.74, 6) is 1.57. The number of hydrogen-bond donors (Lipinski definition) is 2. The van der Waals surface area contributed by atoms with Gasteiger partial charge >= 0.3 is 0 Å². The molecule has 0 radical (unpaired) electrons. The maximum absolute atomic E-state index is 11.9. The monoisotopic (exact) mass is 236 g/mol. The van der Waals surface area contributed by atoms with Gasteiger partial charge in [0.25, 0.3) is 5.91 Å². The molecule has 0 aliphatic carbocycles. The van der Waals surface area contributed by atoms with Gasteiger partial charge < -0.3 is 15.1 Å². The minimum atomic E-state index is -0.115. The fourth-order valence-electron chi connectivity index (χ4n) is 2.26. The fourth-order valence-corrected chi connectivity index (χ4v) is 2.26. The Labute approximate surface area is 102 Å². The van der Waals surface area contributed by atoms with E-state index >= 15 is 0 Å². The summed E-state index contributed by atoms with van der Waals surface area (Å²) in [4.78, 5) is 11.9. The number of aryl methyl sites for hydroxylation is 1. The minimum absolute atomic E-state index is 0.115. The number of hydrogen-bond acceptors (Lipinski definition) is 3. The summed E-state index contributed by atoms with van der Waals surface area (Å²) in [7, 11) is 0. The Hall–Kier alpha value is -1.29. The van der Waals surface area contributed by atoms with E-state index in [9.17, 15) is 4.79 Å². The number of rotatable bonds is 3. The van der Waals surface area contributed by atoms with Crippen molar-refractivity contribution in [3.63, 3.8) is 0 Å². The molecule has 1 aliphatic rings. The van der Waals surface area contributed by atoms with Crippen molar-refractivity contribution >= 4 is 5.91 Å². The first-order chi connectivity index (χ1) is 8.16. The van der Waals surface area contributed by atoms with E-state index in [1.54, 1.807) is 6.07 Å². The van der Waals surface area contributed by atoms with Gasteiger partial charge in [-0.1, -0.05) is 0 Å². The van der Waals surface area contributed by atoms with Crippen LogP contribution in [0.15, 0.2) is 16.5 Å². The van der Waals surface area contributed by atoms with E-state index in [1.807, 2.05) is 13.0 Å². The number of amides is 1. The van der Waals surface area contributed by atoms with Gasteiger partial charge in [-0.05, 0) is 57.8 Å². The van der Waals surface area contributed by atoms with E-state index in [4.69, 9.17) is 4.42 Å². The molecule has 2 heterocycles. The van der Waals surface area contributed by atoms with E-state index in [0.717, 1.165) is 18.8 Å². The zero-order chi connectivity index (χ0) is 12.3. The van der Waals surface area contributed by atoms with Crippen molar-refractivity contribution in [3.05, 3.63) is 23.7 Å². The van der Waals surface area contributed by atoms with Gasteiger partial charge in [0, 0.05) is 6.04 Å². The number of carbonyl (C=O) groups is 1. The molecule has 2 rings (SSSR count). The van der Waals surface area contributed by atoms with Crippen LogP contribution in [0.4, 0.5) is 0 Å². The molecule has 0 saturated carbocycles. The maximum Gasteiger partial charge on any atom is 0.287 e. The summed E-state index contributed by atoms with van der Waals surface area (Å²) in [5, 5.41) is 6.36. The van der Waals surface area contributed by atoms with Crippen LogP contribution in [0, 0.1) is 12.8 Å². The van der Waals surface area contributed by atoms with Crippen LogP contribution in [0.2, 0.25) is 0 Å². The van der Waals surface area contributed by atoms with Crippen molar-refractivity contribution in [3.8, 4) is 0 Å². The standard InChI is InChI=1S/C13H20N2O2/c1-9-5-6-12(17-9)13(16)15-10(2)11-4-3-7-14-8-11/h5-6,10-11,14H,3-4,7-8H2,1-2H3,(H,15,16). The van der Waals surface area contributed by atoms with E-state index in [2.05, 4.69) is 17.6 Å². The molecule has 2 N–H and O–H groups in total. The van der Waals surface area contributed by atoms with Gasteiger partial charge in [0.05, 0.1) is 0 Å². The third-order valence-electron chi connectivity index (χ3n) is 3.37. The van der Waals surface area contributed by atoms with Gasteiger partial charge in [-0.25, -0.2) is 0 Å². The van der Waals surface area contributed by atoms with Gasteiger partial charge in [0.2, 0.25) is 0 Å². The van der Waals surface area contributed by atoms with Gasteiger partial charge in [-0.3, -0.25) is 4.79 Å². The fraction of sp³-hybridized carbons (Fsp3) is 0.615. The lowest BCUT2D eigenvalue weighted by Gasteiger charge is -2.28. The molecule has 1 saturated heterocycles. The largest absolute Gasteiger partial charge is 0.456 e. The van der Waals surface area contributed by atoms with Crippen molar-refractivity contribution in [2.75, 3.05) is 13.1 Å². The first kappa shape index (κ1) is 12.2. The summed E-state index contributed by atoms with van der Waals surface area (Å²) in [6, 6.07) is 3.71. The Morgan fingerprint density at radius 1 is 1.59 bits per heavy atom. The summed E-state index contributed by atoms with van der Waals surface area (Å²) in [5.41, 5.74) is 0. The number of piperidine rings is 1. The molecule has 1 fully saturated rings. The summed E-state index contributed by atoms with van der Waals surface area (Å²) < 4.78 is 5.31. The molecule has 2 unspecified atom stereocenters. The second-order valence-electron chi connectivity index (χ2n) is 4.78. The molecule has 1 amide bonds. The third-order valence-corrected chi connectivity index (χ3v) is 3.37. The Balaban J connectivity index is 1.89. The van der Waals surface area contributed by atoms with Crippen molar-refractivity contribution in [2.24, 2.45) is 5.92 Å². The summed E-state index contributed by atoms with van der Waals surface area (Å²) in [6.07, 6.45) is 2.36. The normalized spacial score (nSPS) is 22.1. The number of furan rings is 1. The van der Waals surface area contributed by atoms with Gasteiger partial charge in [-0.15, -0.1) is 0 Å². The molecule has 0 spiro atoms. The first-order valence-corrected chi connectivity index (χ1v) is 6.25. The summed E-state index contributed by atoms with van der Waals surface area (Å²) in [6.45, 7) is 5.98. The highest BCUT2D eigenvalue weighted by molar-refractivity contribution is 5.91. The predicted octanol–water partition coefficient (Wildman–Crippen LogP) is 1.71. The molecule has 4 nitrogen and oxygen atoms in total. The second kappa shape index (κ2) is 5.36. The van der Waals surface area contributed by atoms with Crippen LogP contribution in [0.1, 0.15) is 36.1 Å². The molecule has 17 heavy (non-hydrogen) atoms. The molecule has 0 bridgehead atoms. The molecule has 4 heteroatoms. The maximum atomic E-state index is 11.9. The van der Waals surface area contributed by atoms with Crippen LogP contribution in [0.25, 0.3) is 0 Å². The van der Waals surface area contributed by atoms with Crippen LogP contribution >= 0.6 is 0 Å². The molecular formula is C13H20N2O2. The zero-order valence-corrected chi connectivity index (χ0v) is 10.5. The average Bonchev–Trinajstić information content (AvgIpc) is 2.77. The lowest BCUT2D eigenvalue weighted by molar-refractivity contribution is 0.0892. The van der Waals surface area contributed by atoms with Crippen LogP contribution in [-0.4, -0.2) is 25.0 Å². The van der Waals surface area contributed by atoms with E-state index in [-0.39, 0.29) is 11.9 Å². The first-order valence-electron chi connectivity index (χ1n) is 6.25. The van der Waals surface area contributed by atoms with E-state index in [0.29, 0.717) is 11.7 Å². The second-order valence-corrected chi connectivity index (χ2v) is 4.78. The molecule has 1 aromatic rings. The van der Waals surface area contributed by atoms with Crippen LogP contribution in [0.5, 0.6) is 0 Å². The number of carbonyl (C=O) groups excluding carboxylic acids is 1. The van der Waals surface area contributed by atoms with E-state index in [1.165, 1.54) is 12.8 Å².